The number of methoxy groups -OCH3 is 1. The molecular weight excluding hydrogens is 260 g/mol. The highest BCUT2D eigenvalue weighted by Crippen LogP contribution is 2.11. The molecule has 1 heterocycles. The number of carbonyl (C=O) groups excluding carboxylic acids is 1. The fraction of sp³-hybridized carbons (Fsp3) is 0.846. The van der Waals surface area contributed by atoms with Gasteiger partial charge in [-0.1, -0.05) is 12.1 Å². The lowest BCUT2D eigenvalue weighted by Crippen LogP contribution is -2.54. The predicted molar refractivity (Wildman–Crippen MR) is 76.7 cm³/mol. The third-order valence-corrected chi connectivity index (χ3v) is 3.73. The van der Waals surface area contributed by atoms with E-state index < -0.39 is 0 Å². The summed E-state index contributed by atoms with van der Waals surface area (Å²) in [7, 11) is 1.65. The van der Waals surface area contributed by atoms with Gasteiger partial charge in [0.25, 0.3) is 0 Å². The Labute approximate surface area is 120 Å². The van der Waals surface area contributed by atoms with Crippen LogP contribution in [0.1, 0.15) is 20.3 Å². The molecule has 0 aromatic carbocycles. The first-order valence-electron chi connectivity index (χ1n) is 6.97. The number of amidine groups is 1. The zero-order valence-electron chi connectivity index (χ0n) is 12.6. The summed E-state index contributed by atoms with van der Waals surface area (Å²) in [4.78, 5) is 16.1. The summed E-state index contributed by atoms with van der Waals surface area (Å²) in [6.07, 6.45) is 0.517. The topological polar surface area (TPSA) is 91.4 Å². The maximum atomic E-state index is 12.1. The van der Waals surface area contributed by atoms with Gasteiger partial charge in [0, 0.05) is 46.3 Å². The lowest BCUT2D eigenvalue weighted by Gasteiger charge is -2.37. The molecule has 7 nitrogen and oxygen atoms in total. The molecule has 1 saturated heterocycles. The molecule has 1 aliphatic heterocycles. The van der Waals surface area contributed by atoms with E-state index in [4.69, 9.17) is 15.7 Å². The van der Waals surface area contributed by atoms with Crippen LogP contribution >= 0.6 is 0 Å². The Bertz CT molecular complexity index is 341. The number of hydrogen-bond acceptors (Lipinski definition) is 5. The minimum absolute atomic E-state index is 0.107. The molecule has 1 rings (SSSR count). The second-order valence-corrected chi connectivity index (χ2v) is 5.38. The van der Waals surface area contributed by atoms with E-state index in [0.717, 1.165) is 13.1 Å². The van der Waals surface area contributed by atoms with E-state index in [1.54, 1.807) is 7.11 Å². The van der Waals surface area contributed by atoms with Gasteiger partial charge in [0.05, 0.1) is 6.04 Å². The van der Waals surface area contributed by atoms with Crippen molar-refractivity contribution in [1.82, 2.24) is 9.80 Å². The van der Waals surface area contributed by atoms with Crippen molar-refractivity contribution >= 4 is 11.7 Å². The smallest absolute Gasteiger partial charge is 0.223 e. The summed E-state index contributed by atoms with van der Waals surface area (Å²) >= 11 is 0. The van der Waals surface area contributed by atoms with Gasteiger partial charge in [-0.25, -0.2) is 0 Å². The minimum Gasteiger partial charge on any atom is -0.409 e. The van der Waals surface area contributed by atoms with Gasteiger partial charge >= 0.3 is 0 Å². The molecule has 3 N–H and O–H groups in total. The van der Waals surface area contributed by atoms with Gasteiger partial charge in [0.1, 0.15) is 0 Å². The van der Waals surface area contributed by atoms with E-state index in [0.29, 0.717) is 26.1 Å². The first-order chi connectivity index (χ1) is 9.49. The molecule has 20 heavy (non-hydrogen) atoms. The summed E-state index contributed by atoms with van der Waals surface area (Å²) in [6.45, 7) is 7.35. The SMILES string of the molecule is COCC(C)CC(=O)N1CCN(C(C)C(N)=NO)CC1. The van der Waals surface area contributed by atoms with Crippen LogP contribution in [0.5, 0.6) is 0 Å². The second kappa shape index (κ2) is 8.06. The van der Waals surface area contributed by atoms with Crippen LogP contribution in [0.25, 0.3) is 0 Å². The number of piperazine rings is 1. The van der Waals surface area contributed by atoms with Crippen LogP contribution in [0.4, 0.5) is 0 Å². The van der Waals surface area contributed by atoms with Crippen molar-refractivity contribution in [2.45, 2.75) is 26.3 Å². The monoisotopic (exact) mass is 286 g/mol. The highest BCUT2D eigenvalue weighted by Gasteiger charge is 2.26. The number of hydrogen-bond donors (Lipinski definition) is 2. The van der Waals surface area contributed by atoms with E-state index in [1.165, 1.54) is 0 Å². The molecule has 0 spiro atoms. The van der Waals surface area contributed by atoms with Gasteiger partial charge in [-0.15, -0.1) is 0 Å². The zero-order valence-corrected chi connectivity index (χ0v) is 12.6. The number of nitrogens with two attached hydrogens (primary N) is 1. The van der Waals surface area contributed by atoms with Gasteiger partial charge in [0.15, 0.2) is 5.84 Å². The number of nitrogens with zero attached hydrogens (tertiary/aromatic N) is 3. The van der Waals surface area contributed by atoms with Gasteiger partial charge in [-0.05, 0) is 12.8 Å². The van der Waals surface area contributed by atoms with Crippen LogP contribution < -0.4 is 5.73 Å². The Hall–Kier alpha value is -1.34. The summed E-state index contributed by atoms with van der Waals surface area (Å²) in [5.41, 5.74) is 5.60. The van der Waals surface area contributed by atoms with Gasteiger partial charge < -0.3 is 20.6 Å². The van der Waals surface area contributed by atoms with Gasteiger partial charge in [-0.2, -0.15) is 0 Å². The maximum absolute atomic E-state index is 12.1. The van der Waals surface area contributed by atoms with Crippen LogP contribution in [0.3, 0.4) is 0 Å². The Morgan fingerprint density at radius 1 is 1.35 bits per heavy atom. The quantitative estimate of drug-likeness (QED) is 0.309. The summed E-state index contributed by atoms with van der Waals surface area (Å²) in [5, 5.41) is 11.7. The average Bonchev–Trinajstić information content (AvgIpc) is 2.46. The van der Waals surface area contributed by atoms with Crippen molar-refractivity contribution < 1.29 is 14.7 Å². The fourth-order valence-corrected chi connectivity index (χ4v) is 2.40. The first kappa shape index (κ1) is 16.7. The van der Waals surface area contributed by atoms with E-state index in [1.807, 2.05) is 18.7 Å². The van der Waals surface area contributed by atoms with E-state index >= 15 is 0 Å². The molecule has 116 valence electrons. The third-order valence-electron chi connectivity index (χ3n) is 3.73. The lowest BCUT2D eigenvalue weighted by atomic mass is 10.1. The number of oxime groups is 1. The van der Waals surface area contributed by atoms with Gasteiger partial charge in [0.2, 0.25) is 5.91 Å². The summed E-state index contributed by atoms with van der Waals surface area (Å²) in [5.74, 6) is 0.616. The van der Waals surface area contributed by atoms with Gasteiger partial charge in [-0.3, -0.25) is 9.69 Å². The van der Waals surface area contributed by atoms with Crippen LogP contribution in [-0.2, 0) is 9.53 Å². The third kappa shape index (κ3) is 4.64. The maximum Gasteiger partial charge on any atom is 0.223 e. The molecule has 2 atom stereocenters. The first-order valence-corrected chi connectivity index (χ1v) is 6.97. The van der Waals surface area contributed by atoms with Crippen molar-refractivity contribution in [2.75, 3.05) is 39.9 Å². The number of ether oxygens (including phenoxy) is 1. The van der Waals surface area contributed by atoms with Crippen molar-refractivity contribution in [3.63, 3.8) is 0 Å². The van der Waals surface area contributed by atoms with Crippen LogP contribution in [0, 0.1) is 5.92 Å². The molecule has 0 bridgehead atoms. The molecule has 0 aromatic rings. The molecule has 0 radical (unpaired) electrons. The summed E-state index contributed by atoms with van der Waals surface area (Å²) < 4.78 is 5.05. The van der Waals surface area contributed by atoms with Crippen molar-refractivity contribution in [3.8, 4) is 0 Å². The van der Waals surface area contributed by atoms with E-state index in [-0.39, 0.29) is 23.7 Å². The zero-order chi connectivity index (χ0) is 15.1. The molecule has 1 amide bonds. The Kier molecular flexibility index (Phi) is 6.74. The standard InChI is InChI=1S/C13H26N4O3/c1-10(9-20-3)8-12(18)17-6-4-16(5-7-17)11(2)13(14)15-19/h10-11,19H,4-9H2,1-3H3,(H2,14,15). The highest BCUT2D eigenvalue weighted by molar-refractivity contribution is 5.84. The Morgan fingerprint density at radius 3 is 2.45 bits per heavy atom. The van der Waals surface area contributed by atoms with E-state index in [9.17, 15) is 4.79 Å². The molecule has 1 fully saturated rings. The lowest BCUT2D eigenvalue weighted by molar-refractivity contribution is -0.134. The summed E-state index contributed by atoms with van der Waals surface area (Å²) in [6, 6.07) is -0.107. The number of rotatable bonds is 6. The molecule has 0 aromatic heterocycles. The van der Waals surface area contributed by atoms with Crippen LogP contribution in [-0.4, -0.2) is 72.7 Å². The Morgan fingerprint density at radius 2 is 1.95 bits per heavy atom. The van der Waals surface area contributed by atoms with Crippen LogP contribution in [0.15, 0.2) is 5.16 Å². The molecule has 7 heteroatoms. The molecule has 0 aliphatic carbocycles. The van der Waals surface area contributed by atoms with Crippen molar-refractivity contribution in [3.05, 3.63) is 0 Å². The molecule has 0 saturated carbocycles. The number of amides is 1. The number of carbonyl (C=O) groups is 1. The molecular formula is C13H26N4O3. The van der Waals surface area contributed by atoms with Crippen LogP contribution in [0.2, 0.25) is 0 Å². The van der Waals surface area contributed by atoms with E-state index in [2.05, 4.69) is 10.1 Å². The average molecular weight is 286 g/mol. The Balaban J connectivity index is 2.40. The second-order valence-electron chi connectivity index (χ2n) is 5.38. The van der Waals surface area contributed by atoms with Crippen molar-refractivity contribution in [2.24, 2.45) is 16.8 Å². The fourth-order valence-electron chi connectivity index (χ4n) is 2.40. The predicted octanol–water partition coefficient (Wildman–Crippen LogP) is -0.0619. The highest BCUT2D eigenvalue weighted by atomic mass is 16.5. The minimum atomic E-state index is -0.107. The molecule has 1 aliphatic rings. The molecule has 2 unspecified atom stereocenters. The van der Waals surface area contributed by atoms with Crippen molar-refractivity contribution in [1.29, 1.82) is 0 Å². The normalized spacial score (nSPS) is 20.8. The largest absolute Gasteiger partial charge is 0.409 e.